The summed E-state index contributed by atoms with van der Waals surface area (Å²) in [5.74, 6) is -0.338. The first-order valence-corrected chi connectivity index (χ1v) is 16.2. The van der Waals surface area contributed by atoms with Gasteiger partial charge in [0.2, 0.25) is 0 Å². The van der Waals surface area contributed by atoms with E-state index in [-0.39, 0.29) is 37.2 Å². The molecular formula is C36H38N2O7S. The second-order valence-corrected chi connectivity index (χ2v) is 12.3. The summed E-state index contributed by atoms with van der Waals surface area (Å²) < 4.78 is 19.1. The fourth-order valence-electron chi connectivity index (χ4n) is 5.36. The van der Waals surface area contributed by atoms with Crippen LogP contribution in [0.1, 0.15) is 55.4 Å². The first-order chi connectivity index (χ1) is 22.2. The van der Waals surface area contributed by atoms with Crippen LogP contribution in [0.15, 0.2) is 102 Å². The zero-order valence-electron chi connectivity index (χ0n) is 26.0. The van der Waals surface area contributed by atoms with Crippen LogP contribution in [-0.4, -0.2) is 34.9 Å². The summed E-state index contributed by atoms with van der Waals surface area (Å²) >= 11 is 1.45. The SMILES string of the molecule is CC(=O)O[C@@H](C)C(=O)NCc1cccc(-c2cccc([C@@H]3O[C@H](CSc4cccc[n+]4[O-])[C@H](C)[C@H](c4ccc(CO)cc4)O3)c2)c1. The summed E-state index contributed by atoms with van der Waals surface area (Å²) in [5, 5.41) is 25.3. The summed E-state index contributed by atoms with van der Waals surface area (Å²) in [6, 6.07) is 29.0. The van der Waals surface area contributed by atoms with E-state index >= 15 is 0 Å². The highest BCUT2D eigenvalue weighted by Gasteiger charge is 2.38. The van der Waals surface area contributed by atoms with E-state index in [0.29, 0.717) is 10.8 Å². The zero-order valence-corrected chi connectivity index (χ0v) is 26.8. The van der Waals surface area contributed by atoms with Gasteiger partial charge in [-0.25, -0.2) is 0 Å². The van der Waals surface area contributed by atoms with E-state index in [1.165, 1.54) is 31.8 Å². The van der Waals surface area contributed by atoms with Crippen LogP contribution in [0, 0.1) is 11.1 Å². The van der Waals surface area contributed by atoms with E-state index in [1.807, 2.05) is 78.9 Å². The Hall–Kier alpha value is -4.22. The molecule has 0 saturated carbocycles. The molecule has 1 aliphatic rings. The molecule has 4 aromatic rings. The van der Waals surface area contributed by atoms with E-state index < -0.39 is 18.4 Å². The van der Waals surface area contributed by atoms with Crippen molar-refractivity contribution in [3.05, 3.63) is 125 Å². The van der Waals surface area contributed by atoms with Gasteiger partial charge >= 0.3 is 5.97 Å². The van der Waals surface area contributed by atoms with Crippen LogP contribution in [0.2, 0.25) is 0 Å². The van der Waals surface area contributed by atoms with Crippen molar-refractivity contribution in [2.24, 2.45) is 5.92 Å². The van der Waals surface area contributed by atoms with Gasteiger partial charge in [0.05, 0.1) is 18.8 Å². The number of nitrogens with zero attached hydrogens (tertiary/aromatic N) is 1. The third-order valence-electron chi connectivity index (χ3n) is 7.91. The van der Waals surface area contributed by atoms with Crippen molar-refractivity contribution < 1.29 is 33.6 Å². The lowest BCUT2D eigenvalue weighted by molar-refractivity contribution is -0.645. The number of hydrogen-bond donors (Lipinski definition) is 2. The summed E-state index contributed by atoms with van der Waals surface area (Å²) in [4.78, 5) is 23.5. The minimum absolute atomic E-state index is 0.0221. The van der Waals surface area contributed by atoms with Crippen LogP contribution in [0.25, 0.3) is 11.1 Å². The van der Waals surface area contributed by atoms with Gasteiger partial charge in [-0.1, -0.05) is 79.3 Å². The Balaban J connectivity index is 1.36. The van der Waals surface area contributed by atoms with Crippen molar-refractivity contribution in [2.75, 3.05) is 5.75 Å². The molecule has 5 atom stereocenters. The van der Waals surface area contributed by atoms with Crippen molar-refractivity contribution in [3.8, 4) is 11.1 Å². The smallest absolute Gasteiger partial charge is 0.303 e. The maximum atomic E-state index is 12.3. The van der Waals surface area contributed by atoms with Crippen LogP contribution in [0.5, 0.6) is 0 Å². The number of carbonyl (C=O) groups excluding carboxylic acids is 2. The van der Waals surface area contributed by atoms with Crippen LogP contribution >= 0.6 is 11.8 Å². The van der Waals surface area contributed by atoms with E-state index in [0.717, 1.165) is 38.1 Å². The number of aliphatic hydroxyl groups is 1. The Morgan fingerprint density at radius 3 is 2.41 bits per heavy atom. The molecule has 1 fully saturated rings. The minimum atomic E-state index is -0.872. The van der Waals surface area contributed by atoms with Crippen molar-refractivity contribution in [3.63, 3.8) is 0 Å². The molecule has 0 radical (unpaired) electrons. The number of hydrogen-bond acceptors (Lipinski definition) is 8. The first-order valence-electron chi connectivity index (χ1n) is 15.2. The second-order valence-electron chi connectivity index (χ2n) is 11.3. The third-order valence-corrected chi connectivity index (χ3v) is 9.01. The molecular weight excluding hydrogens is 604 g/mol. The Bertz CT molecular complexity index is 1650. The van der Waals surface area contributed by atoms with Gasteiger partial charge in [-0.2, -0.15) is 4.73 Å². The maximum Gasteiger partial charge on any atom is 0.303 e. The van der Waals surface area contributed by atoms with Crippen molar-refractivity contribution in [2.45, 2.75) is 63.6 Å². The van der Waals surface area contributed by atoms with Gasteiger partial charge in [0.25, 0.3) is 10.9 Å². The predicted molar refractivity (Wildman–Crippen MR) is 174 cm³/mol. The number of aliphatic hydroxyl groups excluding tert-OH is 1. The average molecular weight is 643 g/mol. The van der Waals surface area contributed by atoms with Crippen LogP contribution in [0.3, 0.4) is 0 Å². The normalized spacial score (nSPS) is 20.1. The molecule has 0 aliphatic carbocycles. The summed E-state index contributed by atoms with van der Waals surface area (Å²) in [6.07, 6.45) is -0.551. The van der Waals surface area contributed by atoms with Gasteiger partial charge in [-0.3, -0.25) is 9.59 Å². The monoisotopic (exact) mass is 642 g/mol. The summed E-state index contributed by atoms with van der Waals surface area (Å²) in [6.45, 7) is 5.15. The highest BCUT2D eigenvalue weighted by atomic mass is 32.2. The number of amides is 1. The molecule has 1 amide bonds. The molecule has 0 bridgehead atoms. The quantitative estimate of drug-likeness (QED) is 0.0935. The van der Waals surface area contributed by atoms with Gasteiger partial charge < -0.3 is 29.8 Å². The largest absolute Gasteiger partial charge is 0.618 e. The molecule has 1 saturated heterocycles. The maximum absolute atomic E-state index is 12.3. The number of thioether (sulfide) groups is 1. The molecule has 9 nitrogen and oxygen atoms in total. The topological polar surface area (TPSA) is 121 Å². The minimum Gasteiger partial charge on any atom is -0.618 e. The molecule has 5 rings (SSSR count). The molecule has 1 aromatic heterocycles. The predicted octanol–water partition coefficient (Wildman–Crippen LogP) is 5.63. The standard InChI is InChI=1S/C36H38N2O7S/c1-23-32(22-46-33-12-4-5-17-38(33)42)44-36(45-34(23)28-15-13-26(21-39)14-16-28)31-11-7-10-30(19-31)29-9-6-8-27(18-29)20-37-35(41)24(2)43-25(3)40/h4-19,23-24,32,34,36,39H,20-22H2,1-3H3,(H,37,41)/t23-,24-,32+,34+,36+/m0/s1. The van der Waals surface area contributed by atoms with E-state index in [2.05, 4.69) is 12.2 Å². The van der Waals surface area contributed by atoms with E-state index in [1.54, 1.807) is 12.1 Å². The Morgan fingerprint density at radius 1 is 0.957 bits per heavy atom. The average Bonchev–Trinajstić information content (AvgIpc) is 3.07. The Labute approximate surface area is 273 Å². The molecule has 240 valence electrons. The number of carbonyl (C=O) groups is 2. The van der Waals surface area contributed by atoms with Crippen molar-refractivity contribution in [1.29, 1.82) is 0 Å². The molecule has 46 heavy (non-hydrogen) atoms. The number of aromatic nitrogens is 1. The number of benzene rings is 3. The Kier molecular flexibility index (Phi) is 11.1. The van der Waals surface area contributed by atoms with Gasteiger partial charge in [-0.15, -0.1) is 0 Å². The lowest BCUT2D eigenvalue weighted by Gasteiger charge is -2.41. The molecule has 2 heterocycles. The van der Waals surface area contributed by atoms with Gasteiger partial charge in [0.15, 0.2) is 18.6 Å². The number of rotatable bonds is 11. The molecule has 1 aliphatic heterocycles. The third kappa shape index (κ3) is 8.32. The van der Waals surface area contributed by atoms with E-state index in [4.69, 9.17) is 14.2 Å². The highest BCUT2D eigenvalue weighted by Crippen LogP contribution is 2.43. The number of esters is 1. The molecule has 10 heteroatoms. The highest BCUT2D eigenvalue weighted by molar-refractivity contribution is 7.99. The Morgan fingerprint density at radius 2 is 1.70 bits per heavy atom. The van der Waals surface area contributed by atoms with Crippen molar-refractivity contribution >= 4 is 23.6 Å². The summed E-state index contributed by atoms with van der Waals surface area (Å²) in [5.41, 5.74) is 5.47. The lowest BCUT2D eigenvalue weighted by atomic mass is 9.91. The number of ether oxygens (including phenoxy) is 3. The molecule has 0 unspecified atom stereocenters. The van der Waals surface area contributed by atoms with Gasteiger partial charge in [0, 0.05) is 42.8 Å². The molecule has 3 aromatic carbocycles. The second kappa shape index (κ2) is 15.4. The lowest BCUT2D eigenvalue weighted by Crippen LogP contribution is -2.39. The van der Waals surface area contributed by atoms with Gasteiger partial charge in [-0.05, 0) is 52.9 Å². The fourth-order valence-corrected chi connectivity index (χ4v) is 6.44. The number of nitrogens with one attached hydrogen (secondary N) is 1. The van der Waals surface area contributed by atoms with Crippen LogP contribution in [-0.2, 0) is 37.0 Å². The number of pyridine rings is 1. The van der Waals surface area contributed by atoms with Crippen LogP contribution < -0.4 is 10.0 Å². The molecule has 2 N–H and O–H groups in total. The van der Waals surface area contributed by atoms with Gasteiger partial charge in [0.1, 0.15) is 0 Å². The fraction of sp³-hybridized carbons (Fsp3) is 0.306. The van der Waals surface area contributed by atoms with Crippen molar-refractivity contribution in [1.82, 2.24) is 5.32 Å². The molecule has 0 spiro atoms. The van der Waals surface area contributed by atoms with E-state index in [9.17, 15) is 19.9 Å². The summed E-state index contributed by atoms with van der Waals surface area (Å²) in [7, 11) is 0. The first kappa shape index (κ1) is 33.2. The van der Waals surface area contributed by atoms with Crippen LogP contribution in [0.4, 0.5) is 0 Å². The zero-order chi connectivity index (χ0) is 32.6.